The zero-order valence-corrected chi connectivity index (χ0v) is 14.6. The molecule has 1 amide bonds. The molecule has 0 bridgehead atoms. The first-order chi connectivity index (χ1) is 10.4. The first-order valence-electron chi connectivity index (χ1n) is 7.77. The Morgan fingerprint density at radius 1 is 1.27 bits per heavy atom. The Morgan fingerprint density at radius 2 is 1.95 bits per heavy atom. The predicted molar refractivity (Wildman–Crippen MR) is 93.2 cm³/mol. The fourth-order valence-corrected chi connectivity index (χ4v) is 2.76. The van der Waals surface area contributed by atoms with Gasteiger partial charge in [-0.2, -0.15) is 0 Å². The Bertz CT molecular complexity index is 432. The van der Waals surface area contributed by atoms with Crippen molar-refractivity contribution in [2.45, 2.75) is 56.6 Å². The molecule has 0 aromatic heterocycles. The second-order valence-electron chi connectivity index (χ2n) is 6.31. The van der Waals surface area contributed by atoms with Gasteiger partial charge in [0.1, 0.15) is 5.60 Å². The van der Waals surface area contributed by atoms with Gasteiger partial charge >= 0.3 is 6.09 Å². The molecule has 0 radical (unpaired) electrons. The molecular formula is C17H28N2O2S. The van der Waals surface area contributed by atoms with Gasteiger partial charge in [0, 0.05) is 23.2 Å². The number of carbonyl (C=O) groups excluding carboxylic acids is 1. The van der Waals surface area contributed by atoms with E-state index >= 15 is 0 Å². The zero-order chi connectivity index (χ0) is 16.4. The number of hydrogen-bond donors (Lipinski definition) is 2. The highest BCUT2D eigenvalue weighted by atomic mass is 32.2. The Morgan fingerprint density at radius 3 is 2.59 bits per heavy atom. The highest BCUT2D eigenvalue weighted by molar-refractivity contribution is 7.99. The molecule has 3 N–H and O–H groups in total. The van der Waals surface area contributed by atoms with Crippen LogP contribution in [-0.2, 0) is 4.74 Å². The first kappa shape index (κ1) is 18.8. The number of nitrogens with one attached hydrogen (secondary N) is 1. The number of hydrogen-bond acceptors (Lipinski definition) is 4. The normalized spacial score (nSPS) is 12.7. The number of thioether (sulfide) groups is 1. The van der Waals surface area contributed by atoms with Gasteiger partial charge in [0.05, 0.1) is 0 Å². The van der Waals surface area contributed by atoms with Gasteiger partial charge in [-0.1, -0.05) is 24.6 Å². The second kappa shape index (κ2) is 9.74. The lowest BCUT2D eigenvalue weighted by Gasteiger charge is -2.19. The van der Waals surface area contributed by atoms with Gasteiger partial charge in [-0.15, -0.1) is 11.8 Å². The monoisotopic (exact) mass is 324 g/mol. The number of rotatable bonds is 8. The topological polar surface area (TPSA) is 64.3 Å². The lowest BCUT2D eigenvalue weighted by atomic mass is 10.1. The van der Waals surface area contributed by atoms with Crippen LogP contribution in [0.4, 0.5) is 4.79 Å². The van der Waals surface area contributed by atoms with Crippen LogP contribution in [0.5, 0.6) is 0 Å². The molecule has 0 saturated carbocycles. The second-order valence-corrected chi connectivity index (χ2v) is 7.40. The number of amides is 1. The molecule has 0 aliphatic carbocycles. The van der Waals surface area contributed by atoms with Gasteiger partial charge in [0.15, 0.2) is 0 Å². The highest BCUT2D eigenvalue weighted by Crippen LogP contribution is 2.18. The summed E-state index contributed by atoms with van der Waals surface area (Å²) in [4.78, 5) is 12.7. The molecule has 22 heavy (non-hydrogen) atoms. The van der Waals surface area contributed by atoms with Gasteiger partial charge in [-0.3, -0.25) is 0 Å². The maximum Gasteiger partial charge on any atom is 0.407 e. The molecule has 1 atom stereocenters. The van der Waals surface area contributed by atoms with E-state index in [9.17, 15) is 4.79 Å². The minimum absolute atomic E-state index is 0.187. The van der Waals surface area contributed by atoms with Gasteiger partial charge < -0.3 is 15.8 Å². The number of alkyl carbamates (subject to hydrolysis) is 1. The van der Waals surface area contributed by atoms with Crippen molar-refractivity contribution in [2.24, 2.45) is 5.73 Å². The fourth-order valence-electron chi connectivity index (χ4n) is 1.84. The van der Waals surface area contributed by atoms with Gasteiger partial charge in [-0.05, 0) is 45.7 Å². The summed E-state index contributed by atoms with van der Waals surface area (Å²) in [6.45, 7) is 6.20. The largest absolute Gasteiger partial charge is 0.444 e. The highest BCUT2D eigenvalue weighted by Gasteiger charge is 2.15. The lowest BCUT2D eigenvalue weighted by molar-refractivity contribution is 0.0527. The number of unbranched alkanes of at least 4 members (excludes halogenated alkanes) is 1. The molecule has 1 aromatic rings. The van der Waals surface area contributed by atoms with Crippen molar-refractivity contribution in [1.29, 1.82) is 0 Å². The number of ether oxygens (including phenoxy) is 1. The Hall–Kier alpha value is -1.20. The molecule has 4 nitrogen and oxygen atoms in total. The summed E-state index contributed by atoms with van der Waals surface area (Å²) in [6, 6.07) is 10.5. The standard InChI is InChI=1S/C17H28N2O2S/c1-17(2,3)21-16(20)19-12-8-7-9-14(18)13-22-15-10-5-4-6-11-15/h4-6,10-11,14H,7-9,12-13,18H2,1-3H3,(H,19,20)/t14-/m1/s1. The van der Waals surface area contributed by atoms with Crippen LogP contribution in [0, 0.1) is 0 Å². The fraction of sp³-hybridized carbons (Fsp3) is 0.588. The Balaban J connectivity index is 2.03. The summed E-state index contributed by atoms with van der Waals surface area (Å²) in [7, 11) is 0. The average molecular weight is 324 g/mol. The van der Waals surface area contributed by atoms with E-state index in [2.05, 4.69) is 17.4 Å². The maximum absolute atomic E-state index is 11.5. The van der Waals surface area contributed by atoms with Crippen LogP contribution >= 0.6 is 11.8 Å². The molecule has 0 heterocycles. The van der Waals surface area contributed by atoms with E-state index in [-0.39, 0.29) is 12.1 Å². The molecule has 0 saturated heterocycles. The SMILES string of the molecule is CC(C)(C)OC(=O)NCCCC[C@@H](N)CSc1ccccc1. The van der Waals surface area contributed by atoms with E-state index in [4.69, 9.17) is 10.5 Å². The van der Waals surface area contributed by atoms with Crippen molar-refractivity contribution >= 4 is 17.9 Å². The van der Waals surface area contributed by atoms with Crippen LogP contribution in [0.1, 0.15) is 40.0 Å². The zero-order valence-electron chi connectivity index (χ0n) is 13.8. The van der Waals surface area contributed by atoms with E-state index in [0.717, 1.165) is 25.0 Å². The summed E-state index contributed by atoms with van der Waals surface area (Å²) < 4.78 is 5.17. The van der Waals surface area contributed by atoms with Crippen molar-refractivity contribution in [3.63, 3.8) is 0 Å². The Kier molecular flexibility index (Phi) is 8.35. The smallest absolute Gasteiger partial charge is 0.407 e. The van der Waals surface area contributed by atoms with E-state index in [1.54, 1.807) is 11.8 Å². The molecule has 1 aromatic carbocycles. The molecule has 1 rings (SSSR count). The summed E-state index contributed by atoms with van der Waals surface area (Å²) in [5.74, 6) is 0.920. The van der Waals surface area contributed by atoms with E-state index < -0.39 is 5.60 Å². The molecule has 0 aliphatic rings. The summed E-state index contributed by atoms with van der Waals surface area (Å²) in [6.07, 6.45) is 2.54. The van der Waals surface area contributed by atoms with Gasteiger partial charge in [0.25, 0.3) is 0 Å². The molecule has 124 valence electrons. The third-order valence-corrected chi connectivity index (χ3v) is 4.08. The molecule has 0 fully saturated rings. The lowest BCUT2D eigenvalue weighted by Crippen LogP contribution is -2.33. The number of nitrogens with two attached hydrogens (primary N) is 1. The molecule has 0 spiro atoms. The molecule has 5 heteroatoms. The van der Waals surface area contributed by atoms with Crippen molar-refractivity contribution in [3.8, 4) is 0 Å². The summed E-state index contributed by atoms with van der Waals surface area (Å²) in [5, 5.41) is 2.76. The van der Waals surface area contributed by atoms with Gasteiger partial charge in [0.2, 0.25) is 0 Å². The number of benzene rings is 1. The van der Waals surface area contributed by atoms with E-state index in [1.807, 2.05) is 39.0 Å². The quantitative estimate of drug-likeness (QED) is 0.564. The van der Waals surface area contributed by atoms with Crippen LogP contribution in [-0.4, -0.2) is 30.0 Å². The molecule has 0 aliphatic heterocycles. The van der Waals surface area contributed by atoms with Crippen LogP contribution in [0.15, 0.2) is 35.2 Å². The minimum atomic E-state index is -0.443. The minimum Gasteiger partial charge on any atom is -0.444 e. The van der Waals surface area contributed by atoms with Crippen LogP contribution in [0.2, 0.25) is 0 Å². The molecular weight excluding hydrogens is 296 g/mol. The average Bonchev–Trinajstić information content (AvgIpc) is 2.44. The van der Waals surface area contributed by atoms with Crippen LogP contribution < -0.4 is 11.1 Å². The predicted octanol–water partition coefficient (Wildman–Crippen LogP) is 3.80. The summed E-state index contributed by atoms with van der Waals surface area (Å²) >= 11 is 1.79. The maximum atomic E-state index is 11.5. The van der Waals surface area contributed by atoms with Crippen molar-refractivity contribution in [3.05, 3.63) is 30.3 Å². The van der Waals surface area contributed by atoms with Crippen molar-refractivity contribution in [1.82, 2.24) is 5.32 Å². The van der Waals surface area contributed by atoms with E-state index in [1.165, 1.54) is 4.90 Å². The van der Waals surface area contributed by atoms with Gasteiger partial charge in [-0.25, -0.2) is 4.79 Å². The Labute approximate surface area is 138 Å². The van der Waals surface area contributed by atoms with Crippen LogP contribution in [0.3, 0.4) is 0 Å². The van der Waals surface area contributed by atoms with E-state index in [0.29, 0.717) is 6.54 Å². The molecule has 0 unspecified atom stereocenters. The van der Waals surface area contributed by atoms with Crippen molar-refractivity contribution < 1.29 is 9.53 Å². The number of carbonyl (C=O) groups is 1. The first-order valence-corrected chi connectivity index (χ1v) is 8.75. The summed E-state index contributed by atoms with van der Waals surface area (Å²) in [5.41, 5.74) is 5.67. The third-order valence-electron chi connectivity index (χ3n) is 2.88. The van der Waals surface area contributed by atoms with Crippen molar-refractivity contribution in [2.75, 3.05) is 12.3 Å². The van der Waals surface area contributed by atoms with Crippen LogP contribution in [0.25, 0.3) is 0 Å². The third kappa shape index (κ3) is 9.68.